The summed E-state index contributed by atoms with van der Waals surface area (Å²) < 4.78 is 1.61. The van der Waals surface area contributed by atoms with Crippen molar-refractivity contribution >= 4 is 18.3 Å². The summed E-state index contributed by atoms with van der Waals surface area (Å²) in [7, 11) is 1.66. The maximum absolute atomic E-state index is 12.7. The van der Waals surface area contributed by atoms with Crippen LogP contribution in [0.4, 0.5) is 0 Å². The molecule has 0 atom stereocenters. The largest absolute Gasteiger partial charge is 0.340 e. The first-order valence-corrected chi connectivity index (χ1v) is 7.87. The minimum atomic E-state index is -0.397. The molecule has 136 valence electrons. The fourth-order valence-electron chi connectivity index (χ4n) is 2.49. The van der Waals surface area contributed by atoms with Gasteiger partial charge in [-0.2, -0.15) is 5.10 Å². The second-order valence-electron chi connectivity index (χ2n) is 6.78. The van der Waals surface area contributed by atoms with E-state index >= 15 is 0 Å². The highest BCUT2D eigenvalue weighted by Crippen LogP contribution is 2.15. The van der Waals surface area contributed by atoms with Gasteiger partial charge >= 0.3 is 0 Å². The van der Waals surface area contributed by atoms with Crippen molar-refractivity contribution in [2.75, 3.05) is 20.1 Å². The van der Waals surface area contributed by atoms with Crippen LogP contribution in [-0.2, 0) is 0 Å². The molecule has 2 rings (SSSR count). The maximum Gasteiger partial charge on any atom is 0.278 e. The van der Waals surface area contributed by atoms with Crippen LogP contribution in [0.5, 0.6) is 0 Å². The van der Waals surface area contributed by atoms with E-state index in [1.165, 1.54) is 11.0 Å². The fraction of sp³-hybridized carbons (Fsp3) is 0.389. The smallest absolute Gasteiger partial charge is 0.278 e. The molecular weight excluding hydrogens is 340 g/mol. The number of hydrogen-bond donors (Lipinski definition) is 1. The van der Waals surface area contributed by atoms with Crippen molar-refractivity contribution in [1.82, 2.24) is 14.7 Å². The van der Waals surface area contributed by atoms with E-state index in [-0.39, 0.29) is 28.9 Å². The van der Waals surface area contributed by atoms with Crippen LogP contribution in [0.15, 0.2) is 41.2 Å². The van der Waals surface area contributed by atoms with Crippen LogP contribution < -0.4 is 11.2 Å². The Morgan fingerprint density at radius 1 is 1.28 bits per heavy atom. The second-order valence-corrected chi connectivity index (χ2v) is 6.78. The summed E-state index contributed by atoms with van der Waals surface area (Å²) in [5.41, 5.74) is 6.51. The molecule has 1 aromatic heterocycles. The molecule has 0 bridgehead atoms. The molecule has 0 aliphatic heterocycles. The van der Waals surface area contributed by atoms with Gasteiger partial charge in [-0.1, -0.05) is 32.0 Å². The number of benzene rings is 1. The van der Waals surface area contributed by atoms with Crippen LogP contribution in [0, 0.1) is 12.3 Å². The highest BCUT2D eigenvalue weighted by atomic mass is 35.5. The van der Waals surface area contributed by atoms with E-state index in [0.717, 1.165) is 5.69 Å². The van der Waals surface area contributed by atoms with Gasteiger partial charge in [0, 0.05) is 25.4 Å². The van der Waals surface area contributed by atoms with Gasteiger partial charge in [0.05, 0.1) is 5.69 Å². The van der Waals surface area contributed by atoms with Crippen molar-refractivity contribution in [1.29, 1.82) is 0 Å². The highest BCUT2D eigenvalue weighted by molar-refractivity contribution is 5.92. The summed E-state index contributed by atoms with van der Waals surface area (Å²) in [6, 6.07) is 10.9. The fourth-order valence-corrected chi connectivity index (χ4v) is 2.49. The number of amides is 1. The Labute approximate surface area is 154 Å². The standard InChI is InChI=1S/C18H24N4O2.ClH/c1-13-10-15(23)16(17(24)21(4)12-18(2,3)11-19)20-22(13)14-8-6-5-7-9-14;/h5-10H,11-12,19H2,1-4H3;1H. The molecule has 0 fully saturated rings. The number of hydrogen-bond acceptors (Lipinski definition) is 4. The molecule has 2 aromatic rings. The average molecular weight is 365 g/mol. The quantitative estimate of drug-likeness (QED) is 0.880. The van der Waals surface area contributed by atoms with Gasteiger partial charge in [0.1, 0.15) is 0 Å². The summed E-state index contributed by atoms with van der Waals surface area (Å²) in [4.78, 5) is 26.4. The first kappa shape index (κ1) is 20.9. The zero-order valence-electron chi connectivity index (χ0n) is 15.0. The van der Waals surface area contributed by atoms with Crippen LogP contribution >= 0.6 is 12.4 Å². The van der Waals surface area contributed by atoms with Gasteiger partial charge in [-0.05, 0) is 31.0 Å². The highest BCUT2D eigenvalue weighted by Gasteiger charge is 2.25. The lowest BCUT2D eigenvalue weighted by atomic mass is 9.93. The van der Waals surface area contributed by atoms with E-state index < -0.39 is 5.91 Å². The molecule has 0 aliphatic rings. The van der Waals surface area contributed by atoms with Crippen LogP contribution in [-0.4, -0.2) is 40.7 Å². The summed E-state index contributed by atoms with van der Waals surface area (Å²) in [5.74, 6) is -0.397. The minimum Gasteiger partial charge on any atom is -0.340 e. The lowest BCUT2D eigenvalue weighted by molar-refractivity contribution is 0.0731. The van der Waals surface area contributed by atoms with Crippen molar-refractivity contribution < 1.29 is 4.79 Å². The molecule has 6 nitrogen and oxygen atoms in total. The Hall–Kier alpha value is -2.18. The summed E-state index contributed by atoms with van der Waals surface area (Å²) in [6.07, 6.45) is 0. The van der Waals surface area contributed by atoms with Crippen molar-refractivity contribution in [3.05, 3.63) is 58.0 Å². The summed E-state index contributed by atoms with van der Waals surface area (Å²) >= 11 is 0. The topological polar surface area (TPSA) is 81.2 Å². The Balaban J connectivity index is 0.00000312. The first-order valence-electron chi connectivity index (χ1n) is 7.87. The number of aryl methyl sites for hydroxylation is 1. The third kappa shape index (κ3) is 4.90. The number of rotatable bonds is 5. The maximum atomic E-state index is 12.7. The first-order chi connectivity index (χ1) is 11.2. The second kappa shape index (κ2) is 8.27. The lowest BCUT2D eigenvalue weighted by Crippen LogP contribution is -2.41. The van der Waals surface area contributed by atoms with E-state index in [1.807, 2.05) is 44.2 Å². The number of nitrogens with zero attached hydrogens (tertiary/aromatic N) is 3. The normalized spacial score (nSPS) is 10.9. The van der Waals surface area contributed by atoms with E-state index in [4.69, 9.17) is 5.73 Å². The lowest BCUT2D eigenvalue weighted by Gasteiger charge is -2.28. The number of aromatic nitrogens is 2. The van der Waals surface area contributed by atoms with E-state index in [9.17, 15) is 9.59 Å². The van der Waals surface area contributed by atoms with Crippen LogP contribution in [0.1, 0.15) is 30.0 Å². The SMILES string of the molecule is Cc1cc(=O)c(C(=O)N(C)CC(C)(C)CN)nn1-c1ccccc1.Cl. The molecule has 1 aromatic carbocycles. The molecule has 1 amide bonds. The zero-order chi connectivity index (χ0) is 17.9. The van der Waals surface area contributed by atoms with Crippen molar-refractivity contribution in [2.24, 2.45) is 11.1 Å². The van der Waals surface area contributed by atoms with Gasteiger partial charge in [-0.25, -0.2) is 4.68 Å². The molecule has 0 aliphatic carbocycles. The van der Waals surface area contributed by atoms with Gasteiger partial charge in [0.25, 0.3) is 5.91 Å². The monoisotopic (exact) mass is 364 g/mol. The number of para-hydroxylation sites is 1. The van der Waals surface area contributed by atoms with Gasteiger partial charge in [0.15, 0.2) is 5.69 Å². The predicted molar refractivity (Wildman–Crippen MR) is 102 cm³/mol. The molecule has 2 N–H and O–H groups in total. The average Bonchev–Trinajstić information content (AvgIpc) is 2.55. The molecule has 0 spiro atoms. The Morgan fingerprint density at radius 3 is 2.44 bits per heavy atom. The predicted octanol–water partition coefficient (Wildman–Crippen LogP) is 2.02. The Morgan fingerprint density at radius 2 is 1.88 bits per heavy atom. The van der Waals surface area contributed by atoms with Gasteiger partial charge in [-0.3, -0.25) is 9.59 Å². The molecule has 25 heavy (non-hydrogen) atoms. The third-order valence-corrected chi connectivity index (χ3v) is 3.88. The summed E-state index contributed by atoms with van der Waals surface area (Å²) in [6.45, 7) is 6.63. The minimum absolute atomic E-state index is 0. The van der Waals surface area contributed by atoms with E-state index in [2.05, 4.69) is 5.10 Å². The van der Waals surface area contributed by atoms with Gasteiger partial charge < -0.3 is 10.6 Å². The summed E-state index contributed by atoms with van der Waals surface area (Å²) in [5, 5.41) is 4.30. The molecule has 7 heteroatoms. The van der Waals surface area contributed by atoms with Crippen molar-refractivity contribution in [3.63, 3.8) is 0 Å². The van der Waals surface area contributed by atoms with Crippen molar-refractivity contribution in [2.45, 2.75) is 20.8 Å². The molecule has 1 heterocycles. The molecule has 0 saturated carbocycles. The van der Waals surface area contributed by atoms with Crippen LogP contribution in [0.2, 0.25) is 0 Å². The number of nitrogens with two attached hydrogens (primary N) is 1. The number of carbonyl (C=O) groups excluding carboxylic acids is 1. The molecule has 0 radical (unpaired) electrons. The van der Waals surface area contributed by atoms with E-state index in [1.54, 1.807) is 18.7 Å². The van der Waals surface area contributed by atoms with Gasteiger partial charge in [-0.15, -0.1) is 12.4 Å². The Bertz CT molecular complexity index is 787. The molecule has 0 unspecified atom stereocenters. The van der Waals surface area contributed by atoms with Crippen LogP contribution in [0.25, 0.3) is 5.69 Å². The van der Waals surface area contributed by atoms with Crippen molar-refractivity contribution in [3.8, 4) is 5.69 Å². The van der Waals surface area contributed by atoms with E-state index in [0.29, 0.717) is 18.8 Å². The Kier molecular flexibility index (Phi) is 6.90. The third-order valence-electron chi connectivity index (χ3n) is 3.88. The number of halogens is 1. The van der Waals surface area contributed by atoms with Crippen LogP contribution in [0.3, 0.4) is 0 Å². The molecular formula is C18H25ClN4O2. The van der Waals surface area contributed by atoms with Gasteiger partial charge in [0.2, 0.25) is 5.43 Å². The zero-order valence-corrected chi connectivity index (χ0v) is 15.8. The molecule has 0 saturated heterocycles. The number of carbonyl (C=O) groups is 1.